The summed E-state index contributed by atoms with van der Waals surface area (Å²) in [5, 5.41) is 0. The van der Waals surface area contributed by atoms with Crippen molar-refractivity contribution in [3.63, 3.8) is 0 Å². The molecule has 0 unspecified atom stereocenters. The molecule has 0 N–H and O–H groups in total. The fraction of sp³-hybridized carbons (Fsp3) is 0.500. The van der Waals surface area contributed by atoms with Gasteiger partial charge in [0, 0.05) is 18.2 Å². The van der Waals surface area contributed by atoms with E-state index in [1.807, 2.05) is 6.92 Å². The molecule has 0 radical (unpaired) electrons. The number of Topliss-reactive ketones (excluding diaryl/α,β-unsaturated/α-hetero) is 1. The summed E-state index contributed by atoms with van der Waals surface area (Å²) in [6, 6.07) is 6.24. The molecule has 5 heteroatoms. The van der Waals surface area contributed by atoms with E-state index in [2.05, 4.69) is 0 Å². The SMILES string of the molecule is CC(=O)c1ccc(S(=O)(=O)N2CCCC[C@@H]2C)cc1. The highest BCUT2D eigenvalue weighted by molar-refractivity contribution is 7.89. The van der Waals surface area contributed by atoms with Crippen molar-refractivity contribution in [3.8, 4) is 0 Å². The van der Waals surface area contributed by atoms with Crippen LogP contribution in [0.1, 0.15) is 43.5 Å². The lowest BCUT2D eigenvalue weighted by atomic mass is 10.1. The monoisotopic (exact) mass is 281 g/mol. The Kier molecular flexibility index (Phi) is 4.06. The van der Waals surface area contributed by atoms with Crippen molar-refractivity contribution in [2.45, 2.75) is 44.0 Å². The van der Waals surface area contributed by atoms with E-state index in [-0.39, 0.29) is 16.7 Å². The van der Waals surface area contributed by atoms with E-state index in [0.29, 0.717) is 12.1 Å². The van der Waals surface area contributed by atoms with Crippen molar-refractivity contribution < 1.29 is 13.2 Å². The van der Waals surface area contributed by atoms with Gasteiger partial charge in [0.25, 0.3) is 0 Å². The molecule has 1 saturated heterocycles. The Morgan fingerprint density at radius 1 is 1.21 bits per heavy atom. The lowest BCUT2D eigenvalue weighted by Crippen LogP contribution is -2.41. The molecule has 1 fully saturated rings. The molecule has 1 atom stereocenters. The maximum Gasteiger partial charge on any atom is 0.243 e. The van der Waals surface area contributed by atoms with E-state index in [1.54, 1.807) is 16.4 Å². The van der Waals surface area contributed by atoms with Crippen LogP contribution in [0.5, 0.6) is 0 Å². The van der Waals surface area contributed by atoms with E-state index in [9.17, 15) is 13.2 Å². The van der Waals surface area contributed by atoms with Gasteiger partial charge in [0.05, 0.1) is 4.90 Å². The van der Waals surface area contributed by atoms with Gasteiger partial charge in [-0.15, -0.1) is 0 Å². The standard InChI is InChI=1S/C14H19NO3S/c1-11-5-3-4-10-15(11)19(17,18)14-8-6-13(7-9-14)12(2)16/h6-9,11H,3-5,10H2,1-2H3/t11-/m0/s1. The van der Waals surface area contributed by atoms with Gasteiger partial charge in [-0.25, -0.2) is 8.42 Å². The number of nitrogens with zero attached hydrogens (tertiary/aromatic N) is 1. The summed E-state index contributed by atoms with van der Waals surface area (Å²) >= 11 is 0. The number of hydrogen-bond acceptors (Lipinski definition) is 3. The number of piperidine rings is 1. The van der Waals surface area contributed by atoms with E-state index in [4.69, 9.17) is 0 Å². The zero-order valence-corrected chi connectivity index (χ0v) is 12.1. The number of benzene rings is 1. The molecule has 1 aromatic rings. The minimum absolute atomic E-state index is 0.0474. The third-order valence-electron chi connectivity index (χ3n) is 3.61. The van der Waals surface area contributed by atoms with Gasteiger partial charge >= 0.3 is 0 Å². The van der Waals surface area contributed by atoms with Gasteiger partial charge in [0.1, 0.15) is 0 Å². The smallest absolute Gasteiger partial charge is 0.243 e. The number of rotatable bonds is 3. The Morgan fingerprint density at radius 2 is 1.84 bits per heavy atom. The first-order valence-electron chi connectivity index (χ1n) is 6.56. The average Bonchev–Trinajstić information content (AvgIpc) is 2.39. The Labute approximate surface area is 114 Å². The van der Waals surface area contributed by atoms with Crippen LogP contribution in [0.2, 0.25) is 0 Å². The number of hydrogen-bond donors (Lipinski definition) is 0. The minimum atomic E-state index is -3.43. The zero-order valence-electron chi connectivity index (χ0n) is 11.3. The van der Waals surface area contributed by atoms with Crippen LogP contribution in [0.15, 0.2) is 29.2 Å². The number of carbonyl (C=O) groups is 1. The van der Waals surface area contributed by atoms with Crippen molar-refractivity contribution in [3.05, 3.63) is 29.8 Å². The van der Waals surface area contributed by atoms with Crippen LogP contribution >= 0.6 is 0 Å². The molecule has 0 aromatic heterocycles. The summed E-state index contributed by atoms with van der Waals surface area (Å²) < 4.78 is 26.6. The van der Waals surface area contributed by atoms with Crippen molar-refractivity contribution in [2.24, 2.45) is 0 Å². The van der Waals surface area contributed by atoms with Gasteiger partial charge in [-0.05, 0) is 38.8 Å². The van der Waals surface area contributed by atoms with Crippen LogP contribution in [-0.2, 0) is 10.0 Å². The summed E-state index contributed by atoms with van der Waals surface area (Å²) in [7, 11) is -3.43. The van der Waals surface area contributed by atoms with Gasteiger partial charge in [-0.2, -0.15) is 4.31 Å². The first kappa shape index (κ1) is 14.2. The van der Waals surface area contributed by atoms with E-state index >= 15 is 0 Å². The van der Waals surface area contributed by atoms with Crippen molar-refractivity contribution >= 4 is 15.8 Å². The fourth-order valence-corrected chi connectivity index (χ4v) is 4.13. The first-order valence-corrected chi connectivity index (χ1v) is 8.00. The van der Waals surface area contributed by atoms with Crippen molar-refractivity contribution in [2.75, 3.05) is 6.54 Å². The van der Waals surface area contributed by atoms with Crippen LogP contribution in [0, 0.1) is 0 Å². The molecule has 0 spiro atoms. The zero-order chi connectivity index (χ0) is 14.0. The average molecular weight is 281 g/mol. The minimum Gasteiger partial charge on any atom is -0.295 e. The topological polar surface area (TPSA) is 54.5 Å². The largest absolute Gasteiger partial charge is 0.295 e. The Hall–Kier alpha value is -1.20. The molecule has 4 nitrogen and oxygen atoms in total. The van der Waals surface area contributed by atoms with Crippen LogP contribution in [0.3, 0.4) is 0 Å². The molecule has 0 bridgehead atoms. The second kappa shape index (κ2) is 5.43. The van der Waals surface area contributed by atoms with Gasteiger partial charge in [-0.3, -0.25) is 4.79 Å². The lowest BCUT2D eigenvalue weighted by molar-refractivity contribution is 0.101. The van der Waals surface area contributed by atoms with Crippen LogP contribution in [0.4, 0.5) is 0 Å². The maximum absolute atomic E-state index is 12.5. The highest BCUT2D eigenvalue weighted by atomic mass is 32.2. The summed E-state index contributed by atoms with van der Waals surface area (Å²) in [6.07, 6.45) is 2.90. The first-order chi connectivity index (χ1) is 8.93. The molecule has 0 aliphatic carbocycles. The number of sulfonamides is 1. The number of carbonyl (C=O) groups excluding carboxylic acids is 1. The molecule has 0 saturated carbocycles. The van der Waals surface area contributed by atoms with Crippen LogP contribution in [-0.4, -0.2) is 31.1 Å². The fourth-order valence-electron chi connectivity index (χ4n) is 2.43. The Morgan fingerprint density at radius 3 is 2.37 bits per heavy atom. The maximum atomic E-state index is 12.5. The summed E-state index contributed by atoms with van der Waals surface area (Å²) in [4.78, 5) is 11.5. The summed E-state index contributed by atoms with van der Waals surface area (Å²) in [5.74, 6) is -0.0599. The molecular weight excluding hydrogens is 262 g/mol. The van der Waals surface area contributed by atoms with Gasteiger partial charge < -0.3 is 0 Å². The highest BCUT2D eigenvalue weighted by Crippen LogP contribution is 2.25. The predicted molar refractivity (Wildman–Crippen MR) is 73.7 cm³/mol. The van der Waals surface area contributed by atoms with Gasteiger partial charge in [-0.1, -0.05) is 18.6 Å². The third kappa shape index (κ3) is 2.87. The van der Waals surface area contributed by atoms with Crippen molar-refractivity contribution in [1.82, 2.24) is 4.31 Å². The highest BCUT2D eigenvalue weighted by Gasteiger charge is 2.30. The summed E-state index contributed by atoms with van der Waals surface area (Å²) in [6.45, 7) is 3.99. The summed E-state index contributed by atoms with van der Waals surface area (Å²) in [5.41, 5.74) is 0.533. The molecule has 1 heterocycles. The third-order valence-corrected chi connectivity index (χ3v) is 5.64. The van der Waals surface area contributed by atoms with E-state index < -0.39 is 10.0 Å². The molecule has 1 aromatic carbocycles. The number of ketones is 1. The molecule has 1 aliphatic rings. The van der Waals surface area contributed by atoms with Gasteiger partial charge in [0.15, 0.2) is 5.78 Å². The van der Waals surface area contributed by atoms with Crippen molar-refractivity contribution in [1.29, 1.82) is 0 Å². The van der Waals surface area contributed by atoms with Crippen LogP contribution < -0.4 is 0 Å². The van der Waals surface area contributed by atoms with E-state index in [1.165, 1.54) is 19.1 Å². The molecule has 2 rings (SSSR count). The normalized spacial score (nSPS) is 21.3. The molecular formula is C14H19NO3S. The quantitative estimate of drug-likeness (QED) is 0.800. The van der Waals surface area contributed by atoms with Gasteiger partial charge in [0.2, 0.25) is 10.0 Å². The van der Waals surface area contributed by atoms with E-state index in [0.717, 1.165) is 19.3 Å². The second-order valence-electron chi connectivity index (χ2n) is 5.04. The second-order valence-corrected chi connectivity index (χ2v) is 6.93. The molecule has 19 heavy (non-hydrogen) atoms. The lowest BCUT2D eigenvalue weighted by Gasteiger charge is -2.32. The predicted octanol–water partition coefficient (Wildman–Crippen LogP) is 2.45. The molecule has 0 amide bonds. The molecule has 1 aliphatic heterocycles. The molecule has 104 valence electrons. The Balaban J connectivity index is 2.30. The Bertz CT molecular complexity index is 563. The van der Waals surface area contributed by atoms with Crippen LogP contribution in [0.25, 0.3) is 0 Å².